The van der Waals surface area contributed by atoms with Crippen molar-refractivity contribution in [1.29, 1.82) is 0 Å². The first kappa shape index (κ1) is 11.4. The van der Waals surface area contributed by atoms with Gasteiger partial charge in [-0.1, -0.05) is 12.8 Å². The lowest BCUT2D eigenvalue weighted by molar-refractivity contribution is 0.447. The molecule has 0 saturated heterocycles. The Labute approximate surface area is 95.5 Å². The van der Waals surface area contributed by atoms with Gasteiger partial charge in [0, 0.05) is 18.2 Å². The summed E-state index contributed by atoms with van der Waals surface area (Å²) < 4.78 is 13.1. The third-order valence-corrected chi connectivity index (χ3v) is 3.25. The average molecular weight is 223 g/mol. The molecular weight excluding hydrogens is 205 g/mol. The van der Waals surface area contributed by atoms with Crippen LogP contribution in [0.5, 0.6) is 5.75 Å². The van der Waals surface area contributed by atoms with Crippen molar-refractivity contribution in [3.05, 3.63) is 29.6 Å². The maximum Gasteiger partial charge on any atom is 0.127 e. The minimum absolute atomic E-state index is 0.00456. The van der Waals surface area contributed by atoms with Crippen molar-refractivity contribution < 1.29 is 9.50 Å². The zero-order valence-electron chi connectivity index (χ0n) is 9.54. The molecule has 1 aliphatic carbocycles. The number of phenols is 1. The van der Waals surface area contributed by atoms with Crippen molar-refractivity contribution in [1.82, 2.24) is 5.32 Å². The van der Waals surface area contributed by atoms with Crippen molar-refractivity contribution in [3.8, 4) is 5.75 Å². The summed E-state index contributed by atoms with van der Waals surface area (Å²) in [6.07, 6.45) is 4.95. The van der Waals surface area contributed by atoms with E-state index in [1.807, 2.05) is 6.92 Å². The number of benzene rings is 1. The molecule has 1 saturated carbocycles. The quantitative estimate of drug-likeness (QED) is 0.825. The number of halogens is 1. The highest BCUT2D eigenvalue weighted by molar-refractivity contribution is 5.30. The molecule has 1 unspecified atom stereocenters. The highest BCUT2D eigenvalue weighted by Gasteiger charge is 2.18. The van der Waals surface area contributed by atoms with Gasteiger partial charge in [0.1, 0.15) is 11.6 Å². The van der Waals surface area contributed by atoms with Crippen LogP contribution in [0.15, 0.2) is 18.2 Å². The van der Waals surface area contributed by atoms with E-state index in [0.717, 1.165) is 11.6 Å². The molecule has 0 radical (unpaired) electrons. The van der Waals surface area contributed by atoms with Crippen LogP contribution in [0, 0.1) is 5.82 Å². The van der Waals surface area contributed by atoms with Gasteiger partial charge in [-0.25, -0.2) is 4.39 Å². The first-order valence-electron chi connectivity index (χ1n) is 5.90. The van der Waals surface area contributed by atoms with Crippen LogP contribution in [0.25, 0.3) is 0 Å². The van der Waals surface area contributed by atoms with Gasteiger partial charge >= 0.3 is 0 Å². The van der Waals surface area contributed by atoms with Gasteiger partial charge in [0.25, 0.3) is 0 Å². The van der Waals surface area contributed by atoms with E-state index in [-0.39, 0.29) is 17.6 Å². The highest BCUT2D eigenvalue weighted by atomic mass is 19.1. The predicted molar refractivity (Wildman–Crippen MR) is 61.9 cm³/mol. The molecule has 0 bridgehead atoms. The Balaban J connectivity index is 2.04. The highest BCUT2D eigenvalue weighted by Crippen LogP contribution is 2.24. The van der Waals surface area contributed by atoms with Crippen LogP contribution in [0.1, 0.15) is 44.2 Å². The molecule has 2 rings (SSSR count). The van der Waals surface area contributed by atoms with E-state index in [2.05, 4.69) is 5.32 Å². The molecule has 2 N–H and O–H groups in total. The fourth-order valence-corrected chi connectivity index (χ4v) is 2.39. The third kappa shape index (κ3) is 2.73. The SMILES string of the molecule is CC(NC1CCCC1)c1cc(O)cc(F)c1. The summed E-state index contributed by atoms with van der Waals surface area (Å²) in [7, 11) is 0. The summed E-state index contributed by atoms with van der Waals surface area (Å²) in [6, 6.07) is 4.86. The molecule has 3 heteroatoms. The van der Waals surface area contributed by atoms with E-state index in [0.29, 0.717) is 6.04 Å². The third-order valence-electron chi connectivity index (χ3n) is 3.25. The lowest BCUT2D eigenvalue weighted by Crippen LogP contribution is -2.28. The zero-order chi connectivity index (χ0) is 11.5. The van der Waals surface area contributed by atoms with E-state index in [1.165, 1.54) is 31.7 Å². The molecule has 0 amide bonds. The Morgan fingerprint density at radius 1 is 1.31 bits per heavy atom. The van der Waals surface area contributed by atoms with Gasteiger partial charge in [-0.2, -0.15) is 0 Å². The summed E-state index contributed by atoms with van der Waals surface area (Å²) in [6.45, 7) is 2.01. The first-order valence-corrected chi connectivity index (χ1v) is 5.90. The van der Waals surface area contributed by atoms with Crippen LogP contribution in [0.3, 0.4) is 0 Å². The van der Waals surface area contributed by atoms with Crippen LogP contribution >= 0.6 is 0 Å². The molecule has 0 spiro atoms. The largest absolute Gasteiger partial charge is 0.508 e. The number of nitrogens with one attached hydrogen (secondary N) is 1. The van der Waals surface area contributed by atoms with Crippen LogP contribution in [0.4, 0.5) is 4.39 Å². The second-order valence-electron chi connectivity index (χ2n) is 4.61. The Hall–Kier alpha value is -1.09. The molecule has 0 heterocycles. The minimum Gasteiger partial charge on any atom is -0.508 e. The summed E-state index contributed by atoms with van der Waals surface area (Å²) in [5, 5.41) is 12.8. The van der Waals surface area contributed by atoms with E-state index in [9.17, 15) is 9.50 Å². The van der Waals surface area contributed by atoms with Crippen molar-refractivity contribution in [3.63, 3.8) is 0 Å². The Kier molecular flexibility index (Phi) is 3.44. The fraction of sp³-hybridized carbons (Fsp3) is 0.538. The maximum atomic E-state index is 13.1. The molecule has 0 aliphatic heterocycles. The molecule has 1 aliphatic rings. The van der Waals surface area contributed by atoms with Crippen molar-refractivity contribution in [2.24, 2.45) is 0 Å². The number of phenolic OH excluding ortho intramolecular Hbond substituents is 1. The molecule has 1 fully saturated rings. The number of rotatable bonds is 3. The Bertz CT molecular complexity index is 341. The van der Waals surface area contributed by atoms with Crippen molar-refractivity contribution in [2.75, 3.05) is 0 Å². The molecule has 2 nitrogen and oxygen atoms in total. The minimum atomic E-state index is -0.380. The van der Waals surface area contributed by atoms with E-state index in [1.54, 1.807) is 6.07 Å². The van der Waals surface area contributed by atoms with Crippen LogP contribution in [-0.2, 0) is 0 Å². The predicted octanol–water partition coefficient (Wildman–Crippen LogP) is 3.12. The van der Waals surface area contributed by atoms with E-state index >= 15 is 0 Å². The topological polar surface area (TPSA) is 32.3 Å². The van der Waals surface area contributed by atoms with Crippen LogP contribution in [-0.4, -0.2) is 11.1 Å². The van der Waals surface area contributed by atoms with Gasteiger partial charge in [-0.05, 0) is 37.5 Å². The standard InChI is InChI=1S/C13H18FNO/c1-9(15-12-4-2-3-5-12)10-6-11(14)8-13(16)7-10/h6-9,12,15-16H,2-5H2,1H3. The smallest absolute Gasteiger partial charge is 0.127 e. The van der Waals surface area contributed by atoms with E-state index < -0.39 is 0 Å². The average Bonchev–Trinajstić information content (AvgIpc) is 2.68. The number of hydrogen-bond donors (Lipinski definition) is 2. The lowest BCUT2D eigenvalue weighted by atomic mass is 10.1. The summed E-state index contributed by atoms with van der Waals surface area (Å²) in [4.78, 5) is 0. The summed E-state index contributed by atoms with van der Waals surface area (Å²) in [5.41, 5.74) is 0.810. The van der Waals surface area contributed by atoms with E-state index in [4.69, 9.17) is 0 Å². The second-order valence-corrected chi connectivity index (χ2v) is 4.61. The Morgan fingerprint density at radius 2 is 2.00 bits per heavy atom. The van der Waals surface area contributed by atoms with Crippen molar-refractivity contribution in [2.45, 2.75) is 44.7 Å². The fourth-order valence-electron chi connectivity index (χ4n) is 2.39. The van der Waals surface area contributed by atoms with Crippen LogP contribution < -0.4 is 5.32 Å². The van der Waals surface area contributed by atoms with Gasteiger partial charge in [-0.3, -0.25) is 0 Å². The monoisotopic (exact) mass is 223 g/mol. The van der Waals surface area contributed by atoms with Gasteiger partial charge in [0.15, 0.2) is 0 Å². The van der Waals surface area contributed by atoms with Crippen molar-refractivity contribution >= 4 is 0 Å². The van der Waals surface area contributed by atoms with Gasteiger partial charge in [-0.15, -0.1) is 0 Å². The summed E-state index contributed by atoms with van der Waals surface area (Å²) in [5.74, 6) is -0.384. The molecule has 1 aromatic rings. The lowest BCUT2D eigenvalue weighted by Gasteiger charge is -2.19. The Morgan fingerprint density at radius 3 is 2.62 bits per heavy atom. The van der Waals surface area contributed by atoms with Crippen LogP contribution in [0.2, 0.25) is 0 Å². The summed E-state index contributed by atoms with van der Waals surface area (Å²) >= 11 is 0. The molecular formula is C13H18FNO. The number of hydrogen-bond acceptors (Lipinski definition) is 2. The van der Waals surface area contributed by atoms with Gasteiger partial charge < -0.3 is 10.4 Å². The zero-order valence-corrected chi connectivity index (χ0v) is 9.54. The second kappa shape index (κ2) is 4.83. The van der Waals surface area contributed by atoms with Gasteiger partial charge in [0.2, 0.25) is 0 Å². The molecule has 88 valence electrons. The van der Waals surface area contributed by atoms with Gasteiger partial charge in [0.05, 0.1) is 0 Å². The molecule has 1 aromatic carbocycles. The normalized spacial score (nSPS) is 18.9. The molecule has 1 atom stereocenters. The number of aromatic hydroxyl groups is 1. The molecule has 0 aromatic heterocycles. The maximum absolute atomic E-state index is 13.1. The first-order chi connectivity index (χ1) is 7.65. The molecule has 16 heavy (non-hydrogen) atoms.